The molecule has 0 aliphatic heterocycles. The Morgan fingerprint density at radius 2 is 2.22 bits per heavy atom. The molecule has 1 aliphatic carbocycles. The van der Waals surface area contributed by atoms with Crippen molar-refractivity contribution in [2.75, 3.05) is 19.8 Å². The van der Waals surface area contributed by atoms with Crippen LogP contribution in [0.5, 0.6) is 5.75 Å². The van der Waals surface area contributed by atoms with Gasteiger partial charge in [0.25, 0.3) is 0 Å². The summed E-state index contributed by atoms with van der Waals surface area (Å²) in [5, 5.41) is 19.3. The number of aliphatic hydroxyl groups excluding tert-OH is 2. The highest BCUT2D eigenvalue weighted by Crippen LogP contribution is 2.33. The van der Waals surface area contributed by atoms with Gasteiger partial charge in [0, 0.05) is 6.61 Å². The number of hydrogen-bond acceptors (Lipinski definition) is 4. The van der Waals surface area contributed by atoms with Crippen LogP contribution < -0.4 is 4.74 Å². The van der Waals surface area contributed by atoms with E-state index < -0.39 is 6.10 Å². The topological polar surface area (TPSA) is 58.9 Å². The molecule has 2 N–H and O–H groups in total. The molecule has 18 heavy (non-hydrogen) atoms. The molecule has 0 amide bonds. The Kier molecular flexibility index (Phi) is 4.58. The van der Waals surface area contributed by atoms with Crippen LogP contribution in [-0.4, -0.2) is 36.1 Å². The molecule has 0 fully saturated rings. The van der Waals surface area contributed by atoms with Crippen LogP contribution in [0.15, 0.2) is 18.2 Å². The third-order valence-electron chi connectivity index (χ3n) is 3.12. The van der Waals surface area contributed by atoms with Gasteiger partial charge < -0.3 is 19.7 Å². The van der Waals surface area contributed by atoms with E-state index in [1.54, 1.807) is 0 Å². The molecule has 1 aromatic carbocycles. The molecular weight excluding hydrogens is 232 g/mol. The van der Waals surface area contributed by atoms with Crippen LogP contribution in [0.3, 0.4) is 0 Å². The van der Waals surface area contributed by atoms with Crippen molar-refractivity contribution in [1.29, 1.82) is 0 Å². The Bertz CT molecular complexity index is 391. The largest absolute Gasteiger partial charge is 0.491 e. The Hall–Kier alpha value is -1.10. The van der Waals surface area contributed by atoms with Crippen molar-refractivity contribution in [2.24, 2.45) is 0 Å². The van der Waals surface area contributed by atoms with E-state index in [0.717, 1.165) is 29.7 Å². The van der Waals surface area contributed by atoms with Gasteiger partial charge in [-0.3, -0.25) is 0 Å². The monoisotopic (exact) mass is 252 g/mol. The van der Waals surface area contributed by atoms with Gasteiger partial charge in [-0.25, -0.2) is 0 Å². The van der Waals surface area contributed by atoms with Crippen LogP contribution in [-0.2, 0) is 11.2 Å². The molecule has 0 spiro atoms. The van der Waals surface area contributed by atoms with E-state index in [1.807, 2.05) is 25.1 Å². The number of hydrogen-bond donors (Lipinski definition) is 2. The van der Waals surface area contributed by atoms with Crippen molar-refractivity contribution < 1.29 is 19.7 Å². The molecular formula is C14H20O4. The molecule has 2 rings (SSSR count). The summed E-state index contributed by atoms with van der Waals surface area (Å²) in [6.45, 7) is 2.99. The van der Waals surface area contributed by atoms with Crippen LogP contribution in [0.25, 0.3) is 0 Å². The number of aliphatic hydroxyl groups is 2. The minimum absolute atomic E-state index is 0.224. The zero-order valence-electron chi connectivity index (χ0n) is 10.6. The number of fused-ring (bicyclic) bond motifs is 1. The fraction of sp³-hybridized carbons (Fsp3) is 0.571. The molecule has 4 heteroatoms. The summed E-state index contributed by atoms with van der Waals surface area (Å²) in [7, 11) is 0. The fourth-order valence-electron chi connectivity index (χ4n) is 2.16. The first-order valence-electron chi connectivity index (χ1n) is 6.40. The van der Waals surface area contributed by atoms with Gasteiger partial charge in [0.15, 0.2) is 0 Å². The summed E-state index contributed by atoms with van der Waals surface area (Å²) >= 11 is 0. The quantitative estimate of drug-likeness (QED) is 0.804. The molecule has 1 aliphatic rings. The van der Waals surface area contributed by atoms with Crippen molar-refractivity contribution >= 4 is 0 Å². The van der Waals surface area contributed by atoms with Crippen LogP contribution in [0.1, 0.15) is 30.6 Å². The first-order chi connectivity index (χ1) is 8.70. The predicted molar refractivity (Wildman–Crippen MR) is 67.7 cm³/mol. The molecule has 0 heterocycles. The summed E-state index contributed by atoms with van der Waals surface area (Å²) in [5.41, 5.74) is 2.14. The molecule has 100 valence electrons. The maximum atomic E-state index is 9.69. The predicted octanol–water partition coefficient (Wildman–Crippen LogP) is 1.44. The molecule has 0 radical (unpaired) electrons. The Balaban J connectivity index is 1.87. The highest BCUT2D eigenvalue weighted by atomic mass is 16.5. The normalized spacial score (nSPS) is 19.6. The van der Waals surface area contributed by atoms with Gasteiger partial charge >= 0.3 is 0 Å². The summed E-state index contributed by atoms with van der Waals surface area (Å²) in [6, 6.07) is 5.68. The minimum Gasteiger partial charge on any atom is -0.491 e. The van der Waals surface area contributed by atoms with Crippen molar-refractivity contribution in [2.45, 2.75) is 32.0 Å². The van der Waals surface area contributed by atoms with Crippen molar-refractivity contribution in [3.05, 3.63) is 29.3 Å². The van der Waals surface area contributed by atoms with Crippen molar-refractivity contribution in [1.82, 2.24) is 0 Å². The van der Waals surface area contributed by atoms with Crippen LogP contribution in [0, 0.1) is 0 Å². The van der Waals surface area contributed by atoms with Gasteiger partial charge in [-0.2, -0.15) is 0 Å². The smallest absolute Gasteiger partial charge is 0.119 e. The minimum atomic E-state index is -0.608. The lowest BCUT2D eigenvalue weighted by molar-refractivity contribution is 0.0164. The summed E-state index contributed by atoms with van der Waals surface area (Å²) < 4.78 is 10.6. The lowest BCUT2D eigenvalue weighted by atomic mass is 10.1. The molecule has 1 aromatic rings. The number of aryl methyl sites for hydroxylation is 1. The van der Waals surface area contributed by atoms with Crippen molar-refractivity contribution in [3.8, 4) is 5.75 Å². The molecule has 4 nitrogen and oxygen atoms in total. The average molecular weight is 252 g/mol. The van der Waals surface area contributed by atoms with Gasteiger partial charge in [-0.15, -0.1) is 0 Å². The van der Waals surface area contributed by atoms with Gasteiger partial charge in [0.2, 0.25) is 0 Å². The lowest BCUT2D eigenvalue weighted by Gasteiger charge is -2.13. The van der Waals surface area contributed by atoms with Gasteiger partial charge in [0.1, 0.15) is 18.5 Å². The SMILES string of the molecule is CCOCC(O)COc1ccc2c(c1)CC[C@H]2O. The lowest BCUT2D eigenvalue weighted by Crippen LogP contribution is -2.23. The molecule has 0 saturated carbocycles. The average Bonchev–Trinajstić information content (AvgIpc) is 2.75. The van der Waals surface area contributed by atoms with Gasteiger partial charge in [-0.1, -0.05) is 6.07 Å². The van der Waals surface area contributed by atoms with Crippen LogP contribution >= 0.6 is 0 Å². The Morgan fingerprint density at radius 1 is 1.39 bits per heavy atom. The maximum absolute atomic E-state index is 9.69. The fourth-order valence-corrected chi connectivity index (χ4v) is 2.16. The van der Waals surface area contributed by atoms with Crippen LogP contribution in [0.2, 0.25) is 0 Å². The maximum Gasteiger partial charge on any atom is 0.119 e. The van der Waals surface area contributed by atoms with Crippen molar-refractivity contribution in [3.63, 3.8) is 0 Å². The first-order valence-corrected chi connectivity index (χ1v) is 6.40. The molecule has 2 atom stereocenters. The number of benzene rings is 1. The highest BCUT2D eigenvalue weighted by Gasteiger charge is 2.20. The first kappa shape index (κ1) is 13.3. The number of ether oxygens (including phenoxy) is 2. The molecule has 0 saturated heterocycles. The second kappa shape index (κ2) is 6.18. The second-order valence-electron chi connectivity index (χ2n) is 4.54. The molecule has 0 aromatic heterocycles. The highest BCUT2D eigenvalue weighted by molar-refractivity contribution is 5.39. The van der Waals surface area contributed by atoms with E-state index >= 15 is 0 Å². The second-order valence-corrected chi connectivity index (χ2v) is 4.54. The summed E-state index contributed by atoms with van der Waals surface area (Å²) in [4.78, 5) is 0. The Labute approximate surface area is 107 Å². The zero-order chi connectivity index (χ0) is 13.0. The summed E-state index contributed by atoms with van der Waals surface area (Å²) in [5.74, 6) is 0.735. The number of rotatable bonds is 6. The zero-order valence-corrected chi connectivity index (χ0v) is 10.6. The van der Waals surface area contributed by atoms with Crippen LogP contribution in [0.4, 0.5) is 0 Å². The third kappa shape index (κ3) is 3.22. The molecule has 1 unspecified atom stereocenters. The van der Waals surface area contributed by atoms with E-state index in [1.165, 1.54) is 0 Å². The summed E-state index contributed by atoms with van der Waals surface area (Å²) in [6.07, 6.45) is 0.724. The standard InChI is InChI=1S/C14H20O4/c1-2-17-8-11(15)9-18-12-4-5-13-10(7-12)3-6-14(13)16/h4-5,7,11,14-16H,2-3,6,8-9H2,1H3/t11?,14-/m1/s1. The van der Waals surface area contributed by atoms with E-state index in [9.17, 15) is 10.2 Å². The van der Waals surface area contributed by atoms with E-state index in [2.05, 4.69) is 0 Å². The van der Waals surface area contributed by atoms with E-state index in [-0.39, 0.29) is 12.7 Å². The van der Waals surface area contributed by atoms with E-state index in [0.29, 0.717) is 13.2 Å². The Morgan fingerprint density at radius 3 is 3.00 bits per heavy atom. The third-order valence-corrected chi connectivity index (χ3v) is 3.12. The van der Waals surface area contributed by atoms with Gasteiger partial charge in [0.05, 0.1) is 12.7 Å². The van der Waals surface area contributed by atoms with E-state index in [4.69, 9.17) is 9.47 Å². The molecule has 0 bridgehead atoms. The van der Waals surface area contributed by atoms with Gasteiger partial charge in [-0.05, 0) is 43.0 Å².